The van der Waals surface area contributed by atoms with Gasteiger partial charge in [-0.15, -0.1) is 0 Å². The average molecular weight is 472 g/mol. The van der Waals surface area contributed by atoms with Crippen LogP contribution >= 0.6 is 0 Å². The number of carbonyl (C=O) groups is 1. The van der Waals surface area contributed by atoms with Gasteiger partial charge in [0.15, 0.2) is 0 Å². The minimum absolute atomic E-state index is 0. The molecule has 0 aliphatic carbocycles. The Bertz CT molecular complexity index is 690. The number of halogens is 1. The van der Waals surface area contributed by atoms with E-state index in [1.54, 1.807) is 43.5 Å². The highest BCUT2D eigenvalue weighted by molar-refractivity contribution is 5.82. The van der Waals surface area contributed by atoms with E-state index in [2.05, 4.69) is 0 Å². The average Bonchev–Trinajstić information content (AvgIpc) is 2.60. The molecule has 0 saturated carbocycles. The second-order valence-corrected chi connectivity index (χ2v) is 6.13. The standard InChI is InChI=1S/C14H10O3.C5H14NO2.HI/c15-14(16)13-9-5-1-3-7-11(9)17-12-8-4-2-6-10(12)13;1-6(2,8-3)4-5-7;/h1-8,13H,(H,15,16);7H,4-5H2,1-3H3;1H/q;+1;/p-2. The molecule has 0 spiro atoms. The van der Waals surface area contributed by atoms with E-state index in [0.29, 0.717) is 33.8 Å². The number of quaternary nitrogens is 1. The Balaban J connectivity index is 0.000000325. The van der Waals surface area contributed by atoms with Crippen LogP contribution in [0, 0.1) is 0 Å². The van der Waals surface area contributed by atoms with Crippen LogP contribution in [0.4, 0.5) is 0 Å². The number of hydrogen-bond donors (Lipinski definition) is 1. The van der Waals surface area contributed by atoms with Crippen molar-refractivity contribution in [3.05, 3.63) is 59.7 Å². The van der Waals surface area contributed by atoms with Crippen LogP contribution in [0.3, 0.4) is 0 Å². The summed E-state index contributed by atoms with van der Waals surface area (Å²) in [4.78, 5) is 16.3. The molecule has 1 N–H and O–H groups in total. The van der Waals surface area contributed by atoms with Gasteiger partial charge in [-0.05, 0) is 12.1 Å². The zero-order chi connectivity index (χ0) is 18.4. The number of nitrogens with zero attached hydrogens (tertiary/aromatic N) is 1. The number of aliphatic hydroxyl groups excluding tert-OH is 1. The maximum Gasteiger partial charge on any atom is 0.132 e. The molecule has 0 amide bonds. The molecule has 142 valence electrons. The van der Waals surface area contributed by atoms with Gasteiger partial charge in [-0.25, -0.2) is 4.84 Å². The number of hydrogen-bond acceptors (Lipinski definition) is 5. The first-order valence-electron chi connectivity index (χ1n) is 7.95. The monoisotopic (exact) mass is 472 g/mol. The van der Waals surface area contributed by atoms with Gasteiger partial charge in [-0.2, -0.15) is 4.65 Å². The normalized spacial score (nSPS) is 12.5. The maximum atomic E-state index is 11.3. The van der Waals surface area contributed by atoms with Crippen molar-refractivity contribution in [2.24, 2.45) is 0 Å². The van der Waals surface area contributed by atoms with Crippen LogP contribution in [-0.4, -0.2) is 50.1 Å². The van der Waals surface area contributed by atoms with E-state index in [4.69, 9.17) is 14.7 Å². The molecule has 2 aromatic rings. The van der Waals surface area contributed by atoms with Gasteiger partial charge >= 0.3 is 0 Å². The fraction of sp³-hybridized carbons (Fsp3) is 0.316. The first kappa shape index (κ1) is 22.4. The lowest BCUT2D eigenvalue weighted by molar-refractivity contribution is -1.07. The SMILES string of the molecule is CO[N+](C)(C)CCO.O=C([O-])C1c2ccccc2Oc2ccccc21.[I-]. The predicted molar refractivity (Wildman–Crippen MR) is 90.9 cm³/mol. The third kappa shape index (κ3) is 5.41. The van der Waals surface area contributed by atoms with Gasteiger partial charge in [0.2, 0.25) is 0 Å². The van der Waals surface area contributed by atoms with Gasteiger partial charge in [-0.1, -0.05) is 36.4 Å². The van der Waals surface area contributed by atoms with Crippen molar-refractivity contribution >= 4 is 5.97 Å². The summed E-state index contributed by atoms with van der Waals surface area (Å²) < 4.78 is 6.08. The van der Waals surface area contributed by atoms with Gasteiger partial charge in [0, 0.05) is 11.1 Å². The van der Waals surface area contributed by atoms with Crippen LogP contribution < -0.4 is 33.8 Å². The molecular formula is C19H23INO5-. The smallest absolute Gasteiger partial charge is 0.132 e. The topological polar surface area (TPSA) is 78.8 Å². The Labute approximate surface area is 170 Å². The molecule has 3 rings (SSSR count). The van der Waals surface area contributed by atoms with Gasteiger partial charge in [0.25, 0.3) is 0 Å². The van der Waals surface area contributed by atoms with E-state index in [1.807, 2.05) is 26.2 Å². The number of likely N-dealkylation sites (N-methyl/N-ethyl adjacent to an activating group) is 1. The van der Waals surface area contributed by atoms with E-state index >= 15 is 0 Å². The second-order valence-electron chi connectivity index (χ2n) is 6.13. The Morgan fingerprint density at radius 1 is 1.12 bits per heavy atom. The maximum absolute atomic E-state index is 11.3. The highest BCUT2D eigenvalue weighted by Crippen LogP contribution is 2.43. The van der Waals surface area contributed by atoms with E-state index in [-0.39, 0.29) is 30.6 Å². The first-order chi connectivity index (χ1) is 11.9. The summed E-state index contributed by atoms with van der Waals surface area (Å²) >= 11 is 0. The van der Waals surface area contributed by atoms with Gasteiger partial charge < -0.3 is 43.7 Å². The number of carboxylic acid groups (broad SMARTS) is 1. The van der Waals surface area contributed by atoms with Crippen LogP contribution in [-0.2, 0) is 9.63 Å². The molecule has 1 aliphatic rings. The molecule has 0 fully saturated rings. The summed E-state index contributed by atoms with van der Waals surface area (Å²) in [5, 5.41) is 19.8. The zero-order valence-electron chi connectivity index (χ0n) is 15.0. The number of carbonyl (C=O) groups excluding carboxylic acids is 1. The lowest BCUT2D eigenvalue weighted by atomic mass is 9.88. The summed E-state index contributed by atoms with van der Waals surface area (Å²) in [7, 11) is 5.39. The molecular weight excluding hydrogens is 449 g/mol. The third-order valence-corrected chi connectivity index (χ3v) is 4.05. The van der Waals surface area contributed by atoms with Crippen molar-refractivity contribution in [3.63, 3.8) is 0 Å². The van der Waals surface area contributed by atoms with Crippen molar-refractivity contribution in [1.29, 1.82) is 0 Å². The molecule has 0 unspecified atom stereocenters. The van der Waals surface area contributed by atoms with Crippen molar-refractivity contribution in [2.75, 3.05) is 34.4 Å². The number of rotatable bonds is 4. The fourth-order valence-electron chi connectivity index (χ4n) is 2.50. The van der Waals surface area contributed by atoms with Gasteiger partial charge in [-0.3, -0.25) is 0 Å². The molecule has 6 nitrogen and oxygen atoms in total. The number of aliphatic carboxylic acids is 1. The van der Waals surface area contributed by atoms with Crippen LogP contribution in [0.1, 0.15) is 17.0 Å². The summed E-state index contributed by atoms with van der Waals surface area (Å²) in [5.41, 5.74) is 1.29. The van der Waals surface area contributed by atoms with E-state index in [0.717, 1.165) is 0 Å². The number of hydroxylamine groups is 3. The Morgan fingerprint density at radius 2 is 1.58 bits per heavy atom. The molecule has 0 atom stereocenters. The molecule has 7 heteroatoms. The lowest BCUT2D eigenvalue weighted by Gasteiger charge is -2.28. The fourth-order valence-corrected chi connectivity index (χ4v) is 2.50. The van der Waals surface area contributed by atoms with Gasteiger partial charge in [0.1, 0.15) is 18.0 Å². The van der Waals surface area contributed by atoms with Crippen molar-refractivity contribution in [1.82, 2.24) is 0 Å². The number of aliphatic hydroxyl groups is 1. The number of carboxylic acids is 1. The highest BCUT2D eigenvalue weighted by atomic mass is 127. The molecule has 0 saturated heterocycles. The van der Waals surface area contributed by atoms with Crippen LogP contribution in [0.2, 0.25) is 0 Å². The Morgan fingerprint density at radius 3 is 1.92 bits per heavy atom. The minimum atomic E-state index is -1.10. The van der Waals surface area contributed by atoms with Crippen LogP contribution in [0.15, 0.2) is 48.5 Å². The quantitative estimate of drug-likeness (QED) is 0.326. The zero-order valence-corrected chi connectivity index (χ0v) is 17.2. The summed E-state index contributed by atoms with van der Waals surface area (Å²) in [6, 6.07) is 14.3. The van der Waals surface area contributed by atoms with Gasteiger partial charge in [0.05, 0.1) is 39.7 Å². The van der Waals surface area contributed by atoms with E-state index in [1.165, 1.54) is 0 Å². The number of fused-ring (bicyclic) bond motifs is 2. The van der Waals surface area contributed by atoms with Crippen LogP contribution in [0.25, 0.3) is 0 Å². The van der Waals surface area contributed by atoms with E-state index in [9.17, 15) is 9.90 Å². The molecule has 1 heterocycles. The van der Waals surface area contributed by atoms with Crippen LogP contribution in [0.5, 0.6) is 11.5 Å². The highest BCUT2D eigenvalue weighted by Gasteiger charge is 2.27. The van der Waals surface area contributed by atoms with Crippen molar-refractivity contribution in [3.8, 4) is 11.5 Å². The molecule has 2 aromatic carbocycles. The first-order valence-corrected chi connectivity index (χ1v) is 7.95. The summed E-state index contributed by atoms with van der Waals surface area (Å²) in [6.45, 7) is 0.803. The van der Waals surface area contributed by atoms with E-state index < -0.39 is 11.9 Å². The second kappa shape index (κ2) is 9.86. The summed E-state index contributed by atoms with van der Waals surface area (Å²) in [6.07, 6.45) is 0. The van der Waals surface area contributed by atoms with Crippen molar-refractivity contribution < 1.29 is 53.2 Å². The lowest BCUT2D eigenvalue weighted by Crippen LogP contribution is -3.00. The summed E-state index contributed by atoms with van der Waals surface area (Å²) in [5.74, 6) is -0.690. The molecule has 0 bridgehead atoms. The molecule has 26 heavy (non-hydrogen) atoms. The van der Waals surface area contributed by atoms with Crippen molar-refractivity contribution in [2.45, 2.75) is 5.92 Å². The predicted octanol–water partition coefficient (Wildman–Crippen LogP) is -1.71. The molecule has 1 aliphatic heterocycles. The number of para-hydroxylation sites is 2. The Kier molecular flexibility index (Phi) is 8.48. The largest absolute Gasteiger partial charge is 1.00 e. The minimum Gasteiger partial charge on any atom is -1.00 e. The third-order valence-electron chi connectivity index (χ3n) is 4.05. The molecule has 0 aromatic heterocycles. The number of benzene rings is 2. The molecule has 0 radical (unpaired) electrons. The number of ether oxygens (including phenoxy) is 1. The Hall–Kier alpha value is -1.68.